The van der Waals surface area contributed by atoms with Gasteiger partial charge < -0.3 is 10.1 Å². The zero-order chi connectivity index (χ0) is 12.1. The molecule has 1 saturated carbocycles. The Kier molecular flexibility index (Phi) is 5.73. The van der Waals surface area contributed by atoms with Crippen molar-refractivity contribution in [1.82, 2.24) is 10.2 Å². The van der Waals surface area contributed by atoms with Gasteiger partial charge in [-0.05, 0) is 32.7 Å². The summed E-state index contributed by atoms with van der Waals surface area (Å²) >= 11 is 0. The average molecular weight is 228 g/mol. The fourth-order valence-corrected chi connectivity index (χ4v) is 1.91. The van der Waals surface area contributed by atoms with Crippen LogP contribution in [0.15, 0.2) is 0 Å². The van der Waals surface area contributed by atoms with E-state index in [1.54, 1.807) is 7.11 Å². The molecule has 1 rings (SSSR count). The first kappa shape index (κ1) is 13.9. The molecule has 2 unspecified atom stereocenters. The second-order valence-electron chi connectivity index (χ2n) is 5.44. The highest BCUT2D eigenvalue weighted by atomic mass is 16.5. The summed E-state index contributed by atoms with van der Waals surface area (Å²) in [5.41, 5.74) is 0. The molecule has 3 nitrogen and oxygen atoms in total. The number of methoxy groups -OCH3 is 1. The molecule has 0 aliphatic heterocycles. The summed E-state index contributed by atoms with van der Waals surface area (Å²) in [4.78, 5) is 2.45. The first-order chi connectivity index (χ1) is 7.56. The maximum atomic E-state index is 5.33. The second-order valence-corrected chi connectivity index (χ2v) is 5.44. The molecule has 1 fully saturated rings. The van der Waals surface area contributed by atoms with Gasteiger partial charge in [-0.3, -0.25) is 4.90 Å². The van der Waals surface area contributed by atoms with Crippen molar-refractivity contribution in [2.75, 3.05) is 27.3 Å². The van der Waals surface area contributed by atoms with Gasteiger partial charge in [-0.2, -0.15) is 0 Å². The van der Waals surface area contributed by atoms with Crippen molar-refractivity contribution in [2.24, 2.45) is 5.92 Å². The van der Waals surface area contributed by atoms with Crippen LogP contribution in [0.25, 0.3) is 0 Å². The summed E-state index contributed by atoms with van der Waals surface area (Å²) < 4.78 is 5.33. The Bertz CT molecular complexity index is 192. The van der Waals surface area contributed by atoms with Crippen LogP contribution < -0.4 is 5.32 Å². The van der Waals surface area contributed by atoms with Gasteiger partial charge in [0.05, 0.1) is 6.61 Å². The fourth-order valence-electron chi connectivity index (χ4n) is 1.91. The molecule has 3 heteroatoms. The van der Waals surface area contributed by atoms with Crippen molar-refractivity contribution in [1.29, 1.82) is 0 Å². The Hall–Kier alpha value is -0.120. The maximum Gasteiger partial charge on any atom is 0.0630 e. The van der Waals surface area contributed by atoms with Crippen LogP contribution in [0.2, 0.25) is 0 Å². The predicted octanol–water partition coefficient (Wildman–Crippen LogP) is 1.73. The molecule has 0 saturated heterocycles. The average Bonchev–Trinajstić information content (AvgIpc) is 3.05. The standard InChI is InChI=1S/C13H28N2O/c1-10(2)11(3)15(4)13(9-16-5)8-14-12-6-7-12/h10-14H,6-9H2,1-5H3. The Morgan fingerprint density at radius 2 is 1.94 bits per heavy atom. The van der Waals surface area contributed by atoms with Gasteiger partial charge in [-0.25, -0.2) is 0 Å². The lowest BCUT2D eigenvalue weighted by atomic mass is 10.0. The van der Waals surface area contributed by atoms with Crippen LogP contribution >= 0.6 is 0 Å². The first-order valence-corrected chi connectivity index (χ1v) is 6.50. The summed E-state index contributed by atoms with van der Waals surface area (Å²) in [6, 6.07) is 1.87. The highest BCUT2D eigenvalue weighted by Crippen LogP contribution is 2.19. The molecule has 0 radical (unpaired) electrons. The van der Waals surface area contributed by atoms with E-state index in [-0.39, 0.29) is 0 Å². The van der Waals surface area contributed by atoms with Crippen LogP contribution in [-0.4, -0.2) is 50.3 Å². The summed E-state index contributed by atoms with van der Waals surface area (Å²) in [6.45, 7) is 8.71. The highest BCUT2D eigenvalue weighted by molar-refractivity contribution is 4.85. The predicted molar refractivity (Wildman–Crippen MR) is 68.8 cm³/mol. The van der Waals surface area contributed by atoms with Crippen LogP contribution in [0.3, 0.4) is 0 Å². The number of rotatable bonds is 8. The van der Waals surface area contributed by atoms with Gasteiger partial charge >= 0.3 is 0 Å². The highest BCUT2D eigenvalue weighted by Gasteiger charge is 2.25. The van der Waals surface area contributed by atoms with Crippen molar-refractivity contribution in [3.63, 3.8) is 0 Å². The molecule has 0 spiro atoms. The van der Waals surface area contributed by atoms with Crippen LogP contribution in [0, 0.1) is 5.92 Å². The lowest BCUT2D eigenvalue weighted by molar-refractivity contribution is 0.0701. The lowest BCUT2D eigenvalue weighted by Gasteiger charge is -2.35. The Balaban J connectivity index is 2.38. The molecular weight excluding hydrogens is 200 g/mol. The van der Waals surface area contributed by atoms with Crippen molar-refractivity contribution in [3.8, 4) is 0 Å². The Morgan fingerprint density at radius 3 is 2.38 bits per heavy atom. The van der Waals surface area contributed by atoms with Gasteiger partial charge in [0.1, 0.15) is 0 Å². The first-order valence-electron chi connectivity index (χ1n) is 6.50. The van der Waals surface area contributed by atoms with Gasteiger partial charge in [0.2, 0.25) is 0 Å². The smallest absolute Gasteiger partial charge is 0.0630 e. The van der Waals surface area contributed by atoms with Gasteiger partial charge in [0, 0.05) is 31.8 Å². The summed E-state index contributed by atoms with van der Waals surface area (Å²) in [5.74, 6) is 0.685. The second kappa shape index (κ2) is 6.58. The van der Waals surface area contributed by atoms with Crippen molar-refractivity contribution < 1.29 is 4.74 Å². The number of nitrogens with one attached hydrogen (secondary N) is 1. The molecular formula is C13H28N2O. The molecule has 0 amide bonds. The minimum Gasteiger partial charge on any atom is -0.383 e. The Morgan fingerprint density at radius 1 is 1.31 bits per heavy atom. The van der Waals surface area contributed by atoms with Gasteiger partial charge in [0.25, 0.3) is 0 Å². The molecule has 1 aliphatic rings. The summed E-state index contributed by atoms with van der Waals surface area (Å²) in [7, 11) is 4.00. The maximum absolute atomic E-state index is 5.33. The Labute approximate surface area is 101 Å². The number of nitrogens with zero attached hydrogens (tertiary/aromatic N) is 1. The zero-order valence-corrected chi connectivity index (χ0v) is 11.5. The molecule has 0 aromatic rings. The molecule has 0 aromatic carbocycles. The third kappa shape index (κ3) is 4.40. The van der Waals surface area contributed by atoms with Gasteiger partial charge in [-0.1, -0.05) is 13.8 Å². The van der Waals surface area contributed by atoms with E-state index in [1.807, 2.05) is 0 Å². The lowest BCUT2D eigenvalue weighted by Crippen LogP contribution is -2.48. The molecule has 0 bridgehead atoms. The van der Waals surface area contributed by atoms with Crippen molar-refractivity contribution >= 4 is 0 Å². The quantitative estimate of drug-likeness (QED) is 0.685. The van der Waals surface area contributed by atoms with E-state index >= 15 is 0 Å². The van der Waals surface area contributed by atoms with Crippen LogP contribution in [0.4, 0.5) is 0 Å². The van der Waals surface area contributed by atoms with Crippen LogP contribution in [0.5, 0.6) is 0 Å². The minimum absolute atomic E-state index is 0.489. The number of ether oxygens (including phenoxy) is 1. The topological polar surface area (TPSA) is 24.5 Å². The van der Waals surface area contributed by atoms with Crippen LogP contribution in [0.1, 0.15) is 33.6 Å². The van der Waals surface area contributed by atoms with E-state index in [4.69, 9.17) is 4.74 Å². The van der Waals surface area contributed by atoms with Gasteiger partial charge in [-0.15, -0.1) is 0 Å². The molecule has 96 valence electrons. The fraction of sp³-hybridized carbons (Fsp3) is 1.00. The number of hydrogen-bond acceptors (Lipinski definition) is 3. The third-order valence-corrected chi connectivity index (χ3v) is 3.76. The molecule has 2 atom stereocenters. The summed E-state index contributed by atoms with van der Waals surface area (Å²) in [6.07, 6.45) is 2.70. The van der Waals surface area contributed by atoms with Crippen LogP contribution in [-0.2, 0) is 4.74 Å². The van der Waals surface area contributed by atoms with Gasteiger partial charge in [0.15, 0.2) is 0 Å². The molecule has 16 heavy (non-hydrogen) atoms. The molecule has 1 aliphatic carbocycles. The summed E-state index contributed by atoms with van der Waals surface area (Å²) in [5, 5.41) is 3.59. The van der Waals surface area contributed by atoms with E-state index in [0.717, 1.165) is 19.2 Å². The van der Waals surface area contributed by atoms with E-state index in [1.165, 1.54) is 12.8 Å². The van der Waals surface area contributed by atoms with E-state index < -0.39 is 0 Å². The third-order valence-electron chi connectivity index (χ3n) is 3.76. The number of hydrogen-bond donors (Lipinski definition) is 1. The monoisotopic (exact) mass is 228 g/mol. The number of likely N-dealkylation sites (N-methyl/N-ethyl adjacent to an activating group) is 1. The van der Waals surface area contributed by atoms with Crippen molar-refractivity contribution in [3.05, 3.63) is 0 Å². The normalized spacial score (nSPS) is 20.4. The van der Waals surface area contributed by atoms with E-state index in [9.17, 15) is 0 Å². The zero-order valence-electron chi connectivity index (χ0n) is 11.5. The molecule has 0 aromatic heterocycles. The minimum atomic E-state index is 0.489. The van der Waals surface area contributed by atoms with E-state index in [0.29, 0.717) is 18.0 Å². The van der Waals surface area contributed by atoms with E-state index in [2.05, 4.69) is 38.0 Å². The molecule has 1 N–H and O–H groups in total. The molecule has 0 heterocycles. The van der Waals surface area contributed by atoms with Crippen molar-refractivity contribution in [2.45, 2.75) is 51.7 Å². The SMILES string of the molecule is COCC(CNC1CC1)N(C)C(C)C(C)C. The largest absolute Gasteiger partial charge is 0.383 e.